The topological polar surface area (TPSA) is 65.5 Å². The molecular formula is C16H15NO4. The van der Waals surface area contributed by atoms with Crippen molar-refractivity contribution in [3.8, 4) is 0 Å². The number of esters is 2. The summed E-state index contributed by atoms with van der Waals surface area (Å²) in [7, 11) is 0. The summed E-state index contributed by atoms with van der Waals surface area (Å²) in [5.74, 6) is -1.21. The number of aromatic nitrogens is 1. The van der Waals surface area contributed by atoms with E-state index < -0.39 is 18.0 Å². The van der Waals surface area contributed by atoms with Crippen LogP contribution in [0.25, 0.3) is 0 Å². The SMILES string of the molecule is CC(=O)OC(C(=O)OCc1ccccc1)c1ccccn1. The highest BCUT2D eigenvalue weighted by molar-refractivity contribution is 5.79. The average Bonchev–Trinajstić information content (AvgIpc) is 2.52. The Morgan fingerprint density at radius 3 is 2.43 bits per heavy atom. The van der Waals surface area contributed by atoms with E-state index in [1.54, 1.807) is 18.2 Å². The van der Waals surface area contributed by atoms with Crippen molar-refractivity contribution in [3.05, 3.63) is 66.0 Å². The molecule has 0 N–H and O–H groups in total. The van der Waals surface area contributed by atoms with Crippen LogP contribution in [0.15, 0.2) is 54.7 Å². The van der Waals surface area contributed by atoms with Crippen molar-refractivity contribution in [2.45, 2.75) is 19.6 Å². The molecule has 2 rings (SSSR count). The van der Waals surface area contributed by atoms with Crippen molar-refractivity contribution in [2.75, 3.05) is 0 Å². The third kappa shape index (κ3) is 4.42. The summed E-state index contributed by atoms with van der Waals surface area (Å²) >= 11 is 0. The van der Waals surface area contributed by atoms with Gasteiger partial charge >= 0.3 is 11.9 Å². The monoisotopic (exact) mass is 285 g/mol. The predicted octanol–water partition coefficient (Wildman–Crippen LogP) is 2.43. The highest BCUT2D eigenvalue weighted by Crippen LogP contribution is 2.17. The zero-order chi connectivity index (χ0) is 15.1. The largest absolute Gasteiger partial charge is 0.458 e. The number of carbonyl (C=O) groups excluding carboxylic acids is 2. The fourth-order valence-electron chi connectivity index (χ4n) is 1.73. The zero-order valence-corrected chi connectivity index (χ0v) is 11.6. The molecule has 1 atom stereocenters. The van der Waals surface area contributed by atoms with Crippen molar-refractivity contribution in [1.82, 2.24) is 4.98 Å². The maximum absolute atomic E-state index is 12.1. The van der Waals surface area contributed by atoms with E-state index in [2.05, 4.69) is 4.98 Å². The lowest BCUT2D eigenvalue weighted by Gasteiger charge is -2.15. The van der Waals surface area contributed by atoms with Crippen LogP contribution < -0.4 is 0 Å². The molecule has 0 amide bonds. The third-order valence-corrected chi connectivity index (χ3v) is 2.68. The maximum Gasteiger partial charge on any atom is 0.354 e. The van der Waals surface area contributed by atoms with E-state index in [9.17, 15) is 9.59 Å². The Labute approximate surface area is 122 Å². The van der Waals surface area contributed by atoms with Gasteiger partial charge in [0.2, 0.25) is 6.10 Å². The van der Waals surface area contributed by atoms with Crippen molar-refractivity contribution in [2.24, 2.45) is 0 Å². The van der Waals surface area contributed by atoms with E-state index in [0.717, 1.165) is 5.56 Å². The Morgan fingerprint density at radius 2 is 1.81 bits per heavy atom. The lowest BCUT2D eigenvalue weighted by Crippen LogP contribution is -2.21. The minimum Gasteiger partial charge on any atom is -0.458 e. The molecule has 5 heteroatoms. The van der Waals surface area contributed by atoms with Crippen LogP contribution in [-0.2, 0) is 25.7 Å². The predicted molar refractivity (Wildman–Crippen MR) is 75.0 cm³/mol. The Bertz CT molecular complexity index is 598. The number of rotatable bonds is 5. The van der Waals surface area contributed by atoms with Gasteiger partial charge in [-0.3, -0.25) is 9.78 Å². The normalized spacial score (nSPS) is 11.5. The molecular weight excluding hydrogens is 270 g/mol. The van der Waals surface area contributed by atoms with E-state index in [0.29, 0.717) is 5.69 Å². The summed E-state index contributed by atoms with van der Waals surface area (Å²) in [5, 5.41) is 0. The number of pyridine rings is 1. The molecule has 0 radical (unpaired) electrons. The number of ether oxygens (including phenoxy) is 2. The number of benzene rings is 1. The number of hydrogen-bond acceptors (Lipinski definition) is 5. The van der Waals surface area contributed by atoms with Gasteiger partial charge in [0.1, 0.15) is 6.61 Å². The quantitative estimate of drug-likeness (QED) is 0.789. The number of carbonyl (C=O) groups is 2. The van der Waals surface area contributed by atoms with E-state index in [4.69, 9.17) is 9.47 Å². The minimum absolute atomic E-state index is 0.115. The first-order chi connectivity index (χ1) is 10.2. The summed E-state index contributed by atoms with van der Waals surface area (Å²) in [6, 6.07) is 14.3. The first-order valence-electron chi connectivity index (χ1n) is 6.45. The van der Waals surface area contributed by atoms with Crippen molar-refractivity contribution in [1.29, 1.82) is 0 Å². The lowest BCUT2D eigenvalue weighted by molar-refractivity contribution is -0.168. The minimum atomic E-state index is -1.15. The molecule has 1 aromatic heterocycles. The molecule has 0 aliphatic heterocycles. The molecule has 1 heterocycles. The molecule has 0 aliphatic carbocycles. The third-order valence-electron chi connectivity index (χ3n) is 2.68. The lowest BCUT2D eigenvalue weighted by atomic mass is 10.2. The van der Waals surface area contributed by atoms with Crippen LogP contribution in [0.5, 0.6) is 0 Å². The van der Waals surface area contributed by atoms with Crippen LogP contribution in [0.3, 0.4) is 0 Å². The van der Waals surface area contributed by atoms with Crippen LogP contribution in [0.1, 0.15) is 24.3 Å². The molecule has 0 aliphatic rings. The summed E-state index contributed by atoms with van der Waals surface area (Å²) in [6.45, 7) is 1.35. The molecule has 0 spiro atoms. The van der Waals surface area contributed by atoms with Gasteiger partial charge in [-0.15, -0.1) is 0 Å². The van der Waals surface area contributed by atoms with Gasteiger partial charge in [0, 0.05) is 13.1 Å². The van der Waals surface area contributed by atoms with Crippen LogP contribution >= 0.6 is 0 Å². The smallest absolute Gasteiger partial charge is 0.354 e. The molecule has 0 saturated carbocycles. The maximum atomic E-state index is 12.1. The van der Waals surface area contributed by atoms with Gasteiger partial charge in [-0.2, -0.15) is 0 Å². The number of nitrogens with zero attached hydrogens (tertiary/aromatic N) is 1. The molecule has 108 valence electrons. The second-order valence-electron chi connectivity index (χ2n) is 4.34. The second-order valence-corrected chi connectivity index (χ2v) is 4.34. The molecule has 0 saturated heterocycles. The van der Waals surface area contributed by atoms with Crippen LogP contribution in [0.4, 0.5) is 0 Å². The highest BCUT2D eigenvalue weighted by atomic mass is 16.6. The Morgan fingerprint density at radius 1 is 1.10 bits per heavy atom. The van der Waals surface area contributed by atoms with Gasteiger partial charge in [0.05, 0.1) is 5.69 Å². The summed E-state index contributed by atoms with van der Waals surface area (Å²) in [4.78, 5) is 27.3. The van der Waals surface area contributed by atoms with Crippen molar-refractivity contribution >= 4 is 11.9 Å². The van der Waals surface area contributed by atoms with E-state index >= 15 is 0 Å². The summed E-state index contributed by atoms with van der Waals surface area (Å²) < 4.78 is 10.2. The Balaban J connectivity index is 2.06. The standard InChI is InChI=1S/C16H15NO4/c1-12(18)21-15(14-9-5-6-10-17-14)16(19)20-11-13-7-3-2-4-8-13/h2-10,15H,11H2,1H3. The van der Waals surface area contributed by atoms with E-state index in [-0.39, 0.29) is 6.61 Å². The van der Waals surface area contributed by atoms with Crippen molar-refractivity contribution in [3.63, 3.8) is 0 Å². The van der Waals surface area contributed by atoms with E-state index in [1.165, 1.54) is 13.1 Å². The van der Waals surface area contributed by atoms with Crippen LogP contribution in [-0.4, -0.2) is 16.9 Å². The van der Waals surface area contributed by atoms with Crippen LogP contribution in [0.2, 0.25) is 0 Å². The fraction of sp³-hybridized carbons (Fsp3) is 0.188. The highest BCUT2D eigenvalue weighted by Gasteiger charge is 2.26. The van der Waals surface area contributed by atoms with E-state index in [1.807, 2.05) is 30.3 Å². The fourth-order valence-corrected chi connectivity index (χ4v) is 1.73. The van der Waals surface area contributed by atoms with Crippen LogP contribution in [0, 0.1) is 0 Å². The molecule has 2 aromatic rings. The van der Waals surface area contributed by atoms with Gasteiger partial charge in [0.25, 0.3) is 0 Å². The molecule has 21 heavy (non-hydrogen) atoms. The second kappa shape index (κ2) is 7.19. The zero-order valence-electron chi connectivity index (χ0n) is 11.6. The van der Waals surface area contributed by atoms with Gasteiger partial charge in [0.15, 0.2) is 0 Å². The molecule has 0 bridgehead atoms. The molecule has 1 aromatic carbocycles. The average molecular weight is 285 g/mol. The first-order valence-corrected chi connectivity index (χ1v) is 6.45. The number of hydrogen-bond donors (Lipinski definition) is 0. The van der Waals surface area contributed by atoms with Crippen molar-refractivity contribution < 1.29 is 19.1 Å². The van der Waals surface area contributed by atoms with Gasteiger partial charge in [-0.05, 0) is 17.7 Å². The Kier molecular flexibility index (Phi) is 5.04. The van der Waals surface area contributed by atoms with Gasteiger partial charge in [-0.1, -0.05) is 36.4 Å². The van der Waals surface area contributed by atoms with Gasteiger partial charge in [-0.25, -0.2) is 4.79 Å². The first kappa shape index (κ1) is 14.7. The molecule has 5 nitrogen and oxygen atoms in total. The summed E-state index contributed by atoms with van der Waals surface area (Å²) in [6.07, 6.45) is 0.378. The van der Waals surface area contributed by atoms with Gasteiger partial charge < -0.3 is 9.47 Å². The molecule has 0 fully saturated rings. The summed E-state index contributed by atoms with van der Waals surface area (Å²) in [5.41, 5.74) is 1.19. The molecule has 1 unspecified atom stereocenters. The Hall–Kier alpha value is -2.69.